The smallest absolute Gasteiger partial charge is 0.0367 e. The molecule has 9 nitrogen and oxygen atoms in total. The minimum absolute atomic E-state index is 0.0633. The van der Waals surface area contributed by atoms with Gasteiger partial charge in [-0.1, -0.05) is 26.8 Å². The molecule has 4 aliphatic carbocycles. The third-order valence-electron chi connectivity index (χ3n) is 11.7. The van der Waals surface area contributed by atoms with E-state index in [4.69, 9.17) is 51.6 Å². The van der Waals surface area contributed by atoms with Gasteiger partial charge < -0.3 is 51.6 Å². The molecule has 4 fully saturated rings. The number of hydrogen-bond acceptors (Lipinski definition) is 9. The molecule has 0 bridgehead atoms. The summed E-state index contributed by atoms with van der Waals surface area (Å²) < 4.78 is 0. The van der Waals surface area contributed by atoms with Crippen molar-refractivity contribution in [2.24, 2.45) is 104 Å². The zero-order chi connectivity index (χ0) is 25.5. The SMILES string of the molecule is C=CC1C(N)C2C3C(N)C(N)C4C(N)C(N)C(N)C(N)C4(C)C3CC(N)C2(C)C1C(C)CCN. The molecular formula is C25H51N9. The molecule has 4 saturated carbocycles. The summed E-state index contributed by atoms with van der Waals surface area (Å²) in [5, 5.41) is 0. The van der Waals surface area contributed by atoms with E-state index in [0.29, 0.717) is 12.5 Å². The number of nitrogens with two attached hydrogens (primary N) is 9. The second-order valence-corrected chi connectivity index (χ2v) is 12.7. The monoisotopic (exact) mass is 477 g/mol. The van der Waals surface area contributed by atoms with Gasteiger partial charge in [-0.3, -0.25) is 0 Å². The molecule has 4 aliphatic rings. The van der Waals surface area contributed by atoms with Crippen LogP contribution in [0.2, 0.25) is 0 Å². The highest BCUT2D eigenvalue weighted by molar-refractivity contribution is 5.27. The first-order valence-electron chi connectivity index (χ1n) is 13.2. The van der Waals surface area contributed by atoms with Gasteiger partial charge in [-0.05, 0) is 71.6 Å². The molecule has 0 aliphatic heterocycles. The van der Waals surface area contributed by atoms with E-state index in [9.17, 15) is 0 Å². The first-order valence-corrected chi connectivity index (χ1v) is 13.2. The summed E-state index contributed by atoms with van der Waals surface area (Å²) >= 11 is 0. The van der Waals surface area contributed by atoms with Crippen LogP contribution < -0.4 is 51.6 Å². The summed E-state index contributed by atoms with van der Waals surface area (Å²) in [5.74, 6) is 0.900. The maximum atomic E-state index is 7.15. The lowest BCUT2D eigenvalue weighted by molar-refractivity contribution is -0.156. The van der Waals surface area contributed by atoms with Crippen molar-refractivity contribution in [3.8, 4) is 0 Å². The molecule has 0 spiro atoms. The summed E-state index contributed by atoms with van der Waals surface area (Å²) in [6.07, 6.45) is 3.74. The third kappa shape index (κ3) is 3.12. The lowest BCUT2D eigenvalue weighted by atomic mass is 9.39. The minimum atomic E-state index is -0.433. The van der Waals surface area contributed by atoms with Crippen LogP contribution in [0.5, 0.6) is 0 Å². The van der Waals surface area contributed by atoms with Crippen LogP contribution in [0.15, 0.2) is 12.7 Å². The van der Waals surface area contributed by atoms with E-state index in [0.717, 1.165) is 12.8 Å². The topological polar surface area (TPSA) is 234 Å². The lowest BCUT2D eigenvalue weighted by Crippen LogP contribution is -2.83. The van der Waals surface area contributed by atoms with E-state index in [1.54, 1.807) is 0 Å². The van der Waals surface area contributed by atoms with Gasteiger partial charge >= 0.3 is 0 Å². The van der Waals surface area contributed by atoms with E-state index in [1.165, 1.54) is 0 Å². The van der Waals surface area contributed by atoms with Crippen molar-refractivity contribution in [1.82, 2.24) is 0 Å². The lowest BCUT2D eigenvalue weighted by Gasteiger charge is -2.69. The van der Waals surface area contributed by atoms with Crippen LogP contribution in [0, 0.1) is 52.3 Å². The van der Waals surface area contributed by atoms with Gasteiger partial charge in [0, 0.05) is 48.3 Å². The largest absolute Gasteiger partial charge is 0.330 e. The standard InChI is InChI=1S/C25H51N9/c1-5-10-14(9(2)6-7-26)25(4)12(27)8-11-13(15(25)17(10)28)18(29)19(30)16-20(31)21(32)22(33)23(34)24(11,16)3/h5,9-23H,1,6-8,26-34H2,2-4H3. The quantitative estimate of drug-likeness (QED) is 0.202. The van der Waals surface area contributed by atoms with Crippen molar-refractivity contribution in [2.45, 2.75) is 81.9 Å². The highest BCUT2D eigenvalue weighted by atomic mass is 15.0. The summed E-state index contributed by atoms with van der Waals surface area (Å²) in [6.45, 7) is 11.6. The van der Waals surface area contributed by atoms with Gasteiger partial charge in [-0.15, -0.1) is 6.58 Å². The average Bonchev–Trinajstić information content (AvgIpc) is 3.03. The van der Waals surface area contributed by atoms with Crippen LogP contribution in [0.4, 0.5) is 0 Å². The van der Waals surface area contributed by atoms with Gasteiger partial charge in [-0.2, -0.15) is 0 Å². The normalized spacial score (nSPS) is 60.1. The number of hydrogen-bond donors (Lipinski definition) is 9. The Morgan fingerprint density at radius 3 is 1.97 bits per heavy atom. The molecule has 0 heterocycles. The molecule has 196 valence electrons. The van der Waals surface area contributed by atoms with Gasteiger partial charge in [0.1, 0.15) is 0 Å². The number of rotatable bonds is 4. The fraction of sp³-hybridized carbons (Fsp3) is 0.920. The predicted octanol–water partition coefficient (Wildman–Crippen LogP) is -2.07. The van der Waals surface area contributed by atoms with E-state index in [1.807, 2.05) is 6.08 Å². The van der Waals surface area contributed by atoms with Gasteiger partial charge in [0.15, 0.2) is 0 Å². The van der Waals surface area contributed by atoms with E-state index >= 15 is 0 Å². The van der Waals surface area contributed by atoms with Gasteiger partial charge in [-0.25, -0.2) is 0 Å². The molecule has 0 amide bonds. The Bertz CT molecular complexity index is 779. The second kappa shape index (κ2) is 8.75. The first kappa shape index (κ1) is 26.4. The Hall–Kier alpha value is -0.620. The molecular weight excluding hydrogens is 426 g/mol. The third-order valence-corrected chi connectivity index (χ3v) is 11.7. The zero-order valence-corrected chi connectivity index (χ0v) is 21.3. The Kier molecular flexibility index (Phi) is 6.80. The average molecular weight is 478 g/mol. The van der Waals surface area contributed by atoms with Crippen molar-refractivity contribution < 1.29 is 0 Å². The number of fused-ring (bicyclic) bond motifs is 5. The van der Waals surface area contributed by atoms with Gasteiger partial charge in [0.05, 0.1) is 0 Å². The molecule has 0 saturated heterocycles. The van der Waals surface area contributed by atoms with E-state index < -0.39 is 17.5 Å². The van der Waals surface area contributed by atoms with Crippen molar-refractivity contribution in [1.29, 1.82) is 0 Å². The molecule has 4 rings (SSSR count). The van der Waals surface area contributed by atoms with E-state index in [-0.39, 0.29) is 77.2 Å². The van der Waals surface area contributed by atoms with E-state index in [2.05, 4.69) is 27.4 Å². The van der Waals surface area contributed by atoms with Crippen LogP contribution in [0.25, 0.3) is 0 Å². The molecule has 17 unspecified atom stereocenters. The molecule has 9 heteroatoms. The van der Waals surface area contributed by atoms with Crippen molar-refractivity contribution in [2.75, 3.05) is 6.54 Å². The predicted molar refractivity (Wildman–Crippen MR) is 139 cm³/mol. The highest BCUT2D eigenvalue weighted by Crippen LogP contribution is 2.68. The minimum Gasteiger partial charge on any atom is -0.330 e. The van der Waals surface area contributed by atoms with Crippen LogP contribution in [0.3, 0.4) is 0 Å². The Morgan fingerprint density at radius 2 is 1.41 bits per heavy atom. The summed E-state index contributed by atoms with van der Waals surface area (Å²) in [5.41, 5.74) is 60.1. The summed E-state index contributed by atoms with van der Waals surface area (Å²) in [6, 6.07) is -2.39. The fourth-order valence-corrected chi connectivity index (χ4v) is 9.99. The fourth-order valence-electron chi connectivity index (χ4n) is 9.99. The van der Waals surface area contributed by atoms with Crippen molar-refractivity contribution in [3.05, 3.63) is 12.7 Å². The Morgan fingerprint density at radius 1 is 0.824 bits per heavy atom. The molecule has 18 N–H and O–H groups in total. The maximum absolute atomic E-state index is 7.15. The Labute approximate surface area is 205 Å². The first-order chi connectivity index (χ1) is 15.8. The maximum Gasteiger partial charge on any atom is 0.0367 e. The van der Waals surface area contributed by atoms with Crippen LogP contribution in [-0.2, 0) is 0 Å². The van der Waals surface area contributed by atoms with Gasteiger partial charge in [0.25, 0.3) is 0 Å². The van der Waals surface area contributed by atoms with Crippen molar-refractivity contribution >= 4 is 0 Å². The summed E-state index contributed by atoms with van der Waals surface area (Å²) in [7, 11) is 0. The zero-order valence-electron chi connectivity index (χ0n) is 21.3. The second-order valence-electron chi connectivity index (χ2n) is 12.7. The summed E-state index contributed by atoms with van der Waals surface area (Å²) in [4.78, 5) is 0. The van der Waals surface area contributed by atoms with Crippen LogP contribution in [-0.4, -0.2) is 54.9 Å². The molecule has 0 aromatic carbocycles. The molecule has 0 aromatic heterocycles. The van der Waals surface area contributed by atoms with Crippen LogP contribution >= 0.6 is 0 Å². The molecule has 0 radical (unpaired) electrons. The van der Waals surface area contributed by atoms with Crippen molar-refractivity contribution in [3.63, 3.8) is 0 Å². The molecule has 0 aromatic rings. The molecule has 34 heavy (non-hydrogen) atoms. The highest BCUT2D eigenvalue weighted by Gasteiger charge is 2.72. The van der Waals surface area contributed by atoms with Crippen LogP contribution in [0.1, 0.15) is 33.6 Å². The molecule has 17 atom stereocenters. The van der Waals surface area contributed by atoms with Gasteiger partial charge in [0.2, 0.25) is 0 Å². The Balaban J connectivity index is 1.85.